The van der Waals surface area contributed by atoms with Crippen molar-refractivity contribution in [3.05, 3.63) is 71.8 Å². The second-order valence-electron chi connectivity index (χ2n) is 5.58. The molecule has 2 aromatic rings. The number of cyclic esters (lactones) is 2. The zero-order valence-electron chi connectivity index (χ0n) is 12.4. The highest BCUT2D eigenvalue weighted by atomic mass is 16.7. The summed E-state index contributed by atoms with van der Waals surface area (Å²) in [6.07, 6.45) is 0. The van der Waals surface area contributed by atoms with Crippen LogP contribution in [0.25, 0.3) is 0 Å². The molecular weight excluding hydrogens is 280 g/mol. The first-order valence-corrected chi connectivity index (χ1v) is 7.05. The van der Waals surface area contributed by atoms with Gasteiger partial charge in [0.05, 0.1) is 0 Å². The first-order valence-electron chi connectivity index (χ1n) is 7.05. The highest BCUT2D eigenvalue weighted by Crippen LogP contribution is 2.39. The number of carbonyl (C=O) groups is 2. The molecule has 0 amide bonds. The van der Waals surface area contributed by atoms with Gasteiger partial charge in [-0.2, -0.15) is 0 Å². The molecule has 22 heavy (non-hydrogen) atoms. The Morgan fingerprint density at radius 1 is 0.636 bits per heavy atom. The Morgan fingerprint density at radius 2 is 0.955 bits per heavy atom. The second-order valence-corrected chi connectivity index (χ2v) is 5.58. The summed E-state index contributed by atoms with van der Waals surface area (Å²) in [5, 5.41) is 0. The van der Waals surface area contributed by atoms with Crippen LogP contribution in [0, 0.1) is 0 Å². The second kappa shape index (κ2) is 4.98. The molecule has 1 aliphatic heterocycles. The maximum absolute atomic E-state index is 12.6. The number of rotatable bonds is 2. The quantitative estimate of drug-likeness (QED) is 0.800. The van der Waals surface area contributed by atoms with E-state index in [0.717, 1.165) is 0 Å². The van der Waals surface area contributed by atoms with Gasteiger partial charge in [0.1, 0.15) is 0 Å². The summed E-state index contributed by atoms with van der Waals surface area (Å²) >= 11 is 0. The van der Waals surface area contributed by atoms with Crippen LogP contribution in [-0.4, -0.2) is 11.9 Å². The number of benzene rings is 2. The molecule has 1 aliphatic rings. The third kappa shape index (κ3) is 2.08. The summed E-state index contributed by atoms with van der Waals surface area (Å²) in [6.45, 7) is 3.10. The molecule has 0 aliphatic carbocycles. The number of hydrogen-bond acceptors (Lipinski definition) is 4. The van der Waals surface area contributed by atoms with E-state index in [2.05, 4.69) is 0 Å². The van der Waals surface area contributed by atoms with Gasteiger partial charge in [-0.25, -0.2) is 9.59 Å². The third-order valence-electron chi connectivity index (χ3n) is 4.02. The maximum Gasteiger partial charge on any atom is 0.356 e. The van der Waals surface area contributed by atoms with E-state index in [1.807, 2.05) is 12.1 Å². The summed E-state index contributed by atoms with van der Waals surface area (Å²) in [5.41, 5.74) is -1.67. The molecule has 0 saturated carbocycles. The zero-order valence-corrected chi connectivity index (χ0v) is 12.4. The van der Waals surface area contributed by atoms with Crippen LogP contribution >= 0.6 is 0 Å². The monoisotopic (exact) mass is 296 g/mol. The number of esters is 2. The molecule has 2 unspecified atom stereocenters. The van der Waals surface area contributed by atoms with Crippen LogP contribution in [0.4, 0.5) is 0 Å². The Hall–Kier alpha value is -2.62. The van der Waals surface area contributed by atoms with Crippen molar-refractivity contribution in [3.63, 3.8) is 0 Å². The average molecular weight is 296 g/mol. The van der Waals surface area contributed by atoms with Crippen molar-refractivity contribution in [2.75, 3.05) is 0 Å². The lowest BCUT2D eigenvalue weighted by atomic mass is 9.89. The Balaban J connectivity index is 1.99. The molecule has 4 nitrogen and oxygen atoms in total. The molecule has 2 atom stereocenters. The molecule has 0 bridgehead atoms. The molecule has 0 spiro atoms. The van der Waals surface area contributed by atoms with Gasteiger partial charge in [-0.1, -0.05) is 60.7 Å². The van der Waals surface area contributed by atoms with Crippen molar-refractivity contribution in [2.24, 2.45) is 0 Å². The fourth-order valence-corrected chi connectivity index (χ4v) is 2.51. The van der Waals surface area contributed by atoms with Gasteiger partial charge < -0.3 is 9.47 Å². The van der Waals surface area contributed by atoms with Gasteiger partial charge >= 0.3 is 11.9 Å². The van der Waals surface area contributed by atoms with E-state index >= 15 is 0 Å². The summed E-state index contributed by atoms with van der Waals surface area (Å²) in [7, 11) is 0. The van der Waals surface area contributed by atoms with Gasteiger partial charge in [0.25, 0.3) is 0 Å². The molecule has 0 aromatic heterocycles. The van der Waals surface area contributed by atoms with Gasteiger partial charge in [-0.15, -0.1) is 0 Å². The number of carbonyl (C=O) groups excluding carboxylic acids is 2. The van der Waals surface area contributed by atoms with E-state index in [1.54, 1.807) is 62.4 Å². The van der Waals surface area contributed by atoms with E-state index in [4.69, 9.17) is 9.47 Å². The number of ether oxygens (including phenoxy) is 2. The normalized spacial score (nSPS) is 27.9. The van der Waals surface area contributed by atoms with E-state index in [-0.39, 0.29) is 0 Å². The fourth-order valence-electron chi connectivity index (χ4n) is 2.51. The molecule has 0 N–H and O–H groups in total. The van der Waals surface area contributed by atoms with Crippen molar-refractivity contribution in [2.45, 2.75) is 25.0 Å². The Labute approximate surface area is 128 Å². The van der Waals surface area contributed by atoms with E-state index in [1.165, 1.54) is 0 Å². The van der Waals surface area contributed by atoms with Gasteiger partial charge in [0.15, 0.2) is 0 Å². The molecule has 3 rings (SSSR count). The van der Waals surface area contributed by atoms with Crippen LogP contribution in [0.15, 0.2) is 60.7 Å². The van der Waals surface area contributed by atoms with Gasteiger partial charge in [0.2, 0.25) is 11.2 Å². The van der Waals surface area contributed by atoms with E-state index in [0.29, 0.717) is 11.1 Å². The van der Waals surface area contributed by atoms with Crippen molar-refractivity contribution >= 4 is 11.9 Å². The predicted molar refractivity (Wildman–Crippen MR) is 79.8 cm³/mol. The van der Waals surface area contributed by atoms with Crippen LogP contribution in [0.5, 0.6) is 0 Å². The maximum atomic E-state index is 12.6. The van der Waals surface area contributed by atoms with Crippen LogP contribution in [0.2, 0.25) is 0 Å². The lowest BCUT2D eigenvalue weighted by Gasteiger charge is -2.40. The molecule has 112 valence electrons. The molecule has 4 heteroatoms. The van der Waals surface area contributed by atoms with Crippen molar-refractivity contribution < 1.29 is 19.1 Å². The predicted octanol–water partition coefficient (Wildman–Crippen LogP) is 2.92. The Morgan fingerprint density at radius 3 is 1.27 bits per heavy atom. The summed E-state index contributed by atoms with van der Waals surface area (Å²) < 4.78 is 11.1. The zero-order chi connectivity index (χ0) is 15.8. The fraction of sp³-hybridized carbons (Fsp3) is 0.222. The molecule has 1 heterocycles. The minimum absolute atomic E-state index is 0.579. The third-order valence-corrected chi connectivity index (χ3v) is 4.02. The van der Waals surface area contributed by atoms with Gasteiger partial charge in [0, 0.05) is 11.1 Å². The summed E-state index contributed by atoms with van der Waals surface area (Å²) in [6, 6.07) is 17.7. The first kappa shape index (κ1) is 14.3. The Kier molecular flexibility index (Phi) is 3.24. The molecule has 2 aromatic carbocycles. The van der Waals surface area contributed by atoms with E-state index in [9.17, 15) is 9.59 Å². The standard InChI is InChI=1S/C18H16O4/c1-17(13-9-5-3-6-10-13)15(19)22-18(2,16(20)21-17)14-11-7-4-8-12-14/h3-12H,1-2H3. The molecular formula is C18H16O4. The van der Waals surface area contributed by atoms with Crippen LogP contribution < -0.4 is 0 Å². The lowest BCUT2D eigenvalue weighted by molar-refractivity contribution is -0.226. The average Bonchev–Trinajstić information content (AvgIpc) is 2.55. The van der Waals surface area contributed by atoms with Gasteiger partial charge in [-0.3, -0.25) is 0 Å². The highest BCUT2D eigenvalue weighted by Gasteiger charge is 2.55. The van der Waals surface area contributed by atoms with Gasteiger partial charge in [-0.05, 0) is 13.8 Å². The van der Waals surface area contributed by atoms with E-state index < -0.39 is 23.1 Å². The summed E-state index contributed by atoms with van der Waals surface area (Å²) in [5.74, 6) is -1.16. The Bertz CT molecular complexity index is 647. The topological polar surface area (TPSA) is 52.6 Å². The van der Waals surface area contributed by atoms with Crippen LogP contribution in [0.1, 0.15) is 25.0 Å². The lowest BCUT2D eigenvalue weighted by Crippen LogP contribution is -2.54. The smallest absolute Gasteiger partial charge is 0.356 e. The van der Waals surface area contributed by atoms with Crippen molar-refractivity contribution in [1.29, 1.82) is 0 Å². The summed E-state index contributed by atoms with van der Waals surface area (Å²) in [4.78, 5) is 25.1. The SMILES string of the molecule is CC1(c2ccccc2)OC(=O)C(C)(c2ccccc2)OC1=O. The molecule has 1 fully saturated rings. The van der Waals surface area contributed by atoms with Crippen molar-refractivity contribution in [3.8, 4) is 0 Å². The van der Waals surface area contributed by atoms with Crippen LogP contribution in [-0.2, 0) is 30.3 Å². The minimum Gasteiger partial charge on any atom is -0.439 e. The number of hydrogen-bond donors (Lipinski definition) is 0. The molecule has 1 saturated heterocycles. The first-order chi connectivity index (χ1) is 10.5. The highest BCUT2D eigenvalue weighted by molar-refractivity contribution is 5.94. The minimum atomic E-state index is -1.42. The van der Waals surface area contributed by atoms with Crippen molar-refractivity contribution in [1.82, 2.24) is 0 Å². The largest absolute Gasteiger partial charge is 0.439 e. The van der Waals surface area contributed by atoms with Crippen LogP contribution in [0.3, 0.4) is 0 Å². The molecule has 0 radical (unpaired) electrons.